The van der Waals surface area contributed by atoms with E-state index in [0.29, 0.717) is 29.9 Å². The minimum Gasteiger partial charge on any atom is -0.370 e. The second-order valence-corrected chi connectivity index (χ2v) is 10.8. The molecule has 4 heterocycles. The summed E-state index contributed by atoms with van der Waals surface area (Å²) < 4.78 is 2.37. The Labute approximate surface area is 205 Å². The van der Waals surface area contributed by atoms with E-state index in [0.717, 1.165) is 59.8 Å². The molecule has 1 amide bonds. The first kappa shape index (κ1) is 21.1. The number of aromatic nitrogens is 2. The summed E-state index contributed by atoms with van der Waals surface area (Å²) in [5.41, 5.74) is 13.8. The minimum absolute atomic E-state index is 0.356. The fraction of sp³-hybridized carbons (Fsp3) is 0.464. The Morgan fingerprint density at radius 1 is 1.06 bits per heavy atom. The first-order chi connectivity index (χ1) is 17.2. The first-order valence-electron chi connectivity index (χ1n) is 13.1. The predicted octanol–water partition coefficient (Wildman–Crippen LogP) is 4.22. The van der Waals surface area contributed by atoms with Crippen LogP contribution < -0.4 is 16.0 Å². The van der Waals surface area contributed by atoms with Gasteiger partial charge < -0.3 is 20.5 Å². The van der Waals surface area contributed by atoms with Crippen molar-refractivity contribution in [1.82, 2.24) is 14.9 Å². The van der Waals surface area contributed by atoms with Crippen LogP contribution in [0.25, 0.3) is 22.2 Å². The number of hydrogen-bond donors (Lipinski definition) is 2. The maximum atomic E-state index is 12.7. The van der Waals surface area contributed by atoms with Gasteiger partial charge in [0.1, 0.15) is 0 Å². The molecule has 0 radical (unpaired) electrons. The summed E-state index contributed by atoms with van der Waals surface area (Å²) in [4.78, 5) is 24.6. The molecule has 1 aromatic heterocycles. The van der Waals surface area contributed by atoms with Crippen LogP contribution in [0.2, 0.25) is 0 Å². The molecule has 3 fully saturated rings. The number of hydrogen-bond acceptors (Lipinski definition) is 5. The largest absolute Gasteiger partial charge is 0.370 e. The van der Waals surface area contributed by atoms with Gasteiger partial charge in [0, 0.05) is 50.4 Å². The third-order valence-corrected chi connectivity index (χ3v) is 8.73. The van der Waals surface area contributed by atoms with E-state index < -0.39 is 0 Å². The maximum absolute atomic E-state index is 12.7. The fourth-order valence-corrected chi connectivity index (χ4v) is 6.93. The van der Waals surface area contributed by atoms with E-state index in [-0.39, 0.29) is 5.91 Å². The molecular formula is C28H32N6O. The van der Waals surface area contributed by atoms with E-state index in [1.807, 2.05) is 12.5 Å². The summed E-state index contributed by atoms with van der Waals surface area (Å²) in [6.07, 6.45) is 11.0. The number of nitrogens with one attached hydrogen (secondary N) is 1. The van der Waals surface area contributed by atoms with Crippen LogP contribution in [0.4, 0.5) is 11.4 Å². The number of imidazole rings is 1. The van der Waals surface area contributed by atoms with E-state index >= 15 is 0 Å². The molecule has 0 spiro atoms. The summed E-state index contributed by atoms with van der Waals surface area (Å²) in [6.45, 7) is 4.02. The van der Waals surface area contributed by atoms with Gasteiger partial charge in [0.25, 0.3) is 5.91 Å². The number of carbonyl (C=O) groups is 1. The van der Waals surface area contributed by atoms with E-state index in [2.05, 4.69) is 39.0 Å². The summed E-state index contributed by atoms with van der Waals surface area (Å²) in [6, 6.07) is 9.32. The molecule has 3 aliphatic heterocycles. The van der Waals surface area contributed by atoms with E-state index in [4.69, 9.17) is 15.7 Å². The first-order valence-corrected chi connectivity index (χ1v) is 13.1. The zero-order chi connectivity index (χ0) is 23.5. The quantitative estimate of drug-likeness (QED) is 0.600. The van der Waals surface area contributed by atoms with Crippen molar-refractivity contribution >= 4 is 34.5 Å². The van der Waals surface area contributed by atoms with Crippen LogP contribution in [0.15, 0.2) is 35.6 Å². The van der Waals surface area contributed by atoms with Crippen molar-refractivity contribution in [2.24, 2.45) is 22.6 Å². The van der Waals surface area contributed by atoms with Crippen LogP contribution in [0.5, 0.6) is 0 Å². The van der Waals surface area contributed by atoms with E-state index in [1.165, 1.54) is 37.6 Å². The van der Waals surface area contributed by atoms with Gasteiger partial charge in [0.05, 0.1) is 34.3 Å². The van der Waals surface area contributed by atoms with E-state index in [1.54, 1.807) is 0 Å². The third-order valence-electron chi connectivity index (χ3n) is 8.73. The van der Waals surface area contributed by atoms with Gasteiger partial charge in [-0.3, -0.25) is 9.79 Å². The van der Waals surface area contributed by atoms with Crippen molar-refractivity contribution in [2.45, 2.75) is 44.6 Å². The predicted molar refractivity (Wildman–Crippen MR) is 140 cm³/mol. The normalized spacial score (nSPS) is 23.8. The van der Waals surface area contributed by atoms with Crippen LogP contribution in [-0.4, -0.2) is 47.9 Å². The van der Waals surface area contributed by atoms with Crippen molar-refractivity contribution in [3.05, 3.63) is 41.7 Å². The van der Waals surface area contributed by atoms with Crippen LogP contribution >= 0.6 is 0 Å². The topological polar surface area (TPSA) is 88.5 Å². The molecule has 7 rings (SSSR count). The SMILES string of the molecule is NC(=O)c1c(N2CC3CNCC3C2)cc(-c2ccc3c(c2)ncn3C2CCCCC2)c2c1CC=N2. The minimum atomic E-state index is -0.356. The fourth-order valence-electron chi connectivity index (χ4n) is 6.93. The molecule has 4 aliphatic rings. The van der Waals surface area contributed by atoms with Crippen molar-refractivity contribution in [3.8, 4) is 11.1 Å². The lowest BCUT2D eigenvalue weighted by Gasteiger charge is -2.25. The van der Waals surface area contributed by atoms with Gasteiger partial charge in [-0.25, -0.2) is 4.98 Å². The second-order valence-electron chi connectivity index (χ2n) is 10.8. The highest BCUT2D eigenvalue weighted by Crippen LogP contribution is 2.45. The third kappa shape index (κ3) is 3.39. The van der Waals surface area contributed by atoms with Crippen molar-refractivity contribution < 1.29 is 4.79 Å². The molecule has 1 aliphatic carbocycles. The number of aliphatic imine (C=N–C) groups is 1. The number of primary amides is 1. The molecule has 7 nitrogen and oxygen atoms in total. The molecule has 35 heavy (non-hydrogen) atoms. The van der Waals surface area contributed by atoms with Crippen LogP contribution in [0.3, 0.4) is 0 Å². The second kappa shape index (κ2) is 8.19. The average Bonchev–Trinajstić information content (AvgIpc) is 3.66. The number of carbonyl (C=O) groups excluding carboxylic acids is 1. The zero-order valence-electron chi connectivity index (χ0n) is 20.0. The van der Waals surface area contributed by atoms with Gasteiger partial charge in [0.2, 0.25) is 0 Å². The number of nitrogens with two attached hydrogens (primary N) is 1. The number of rotatable bonds is 4. The van der Waals surface area contributed by atoms with Gasteiger partial charge in [-0.1, -0.05) is 25.3 Å². The molecule has 7 heteroatoms. The molecule has 2 aromatic carbocycles. The standard InChI is InChI=1S/C28H32N6O/c29-28(35)26-21-8-9-31-27(21)22(11-25(26)33-14-18-12-30-13-19(18)15-33)17-6-7-24-23(10-17)32-16-34(24)20-4-2-1-3-5-20/h6-7,9-11,16,18-20,30H,1-5,8,12-15H2,(H2,29,35). The average molecular weight is 469 g/mol. The smallest absolute Gasteiger partial charge is 0.251 e. The van der Waals surface area contributed by atoms with Crippen molar-refractivity contribution in [1.29, 1.82) is 0 Å². The molecule has 2 unspecified atom stereocenters. The maximum Gasteiger partial charge on any atom is 0.251 e. The number of benzene rings is 2. The molecular weight excluding hydrogens is 436 g/mol. The molecule has 0 bridgehead atoms. The van der Waals surface area contributed by atoms with Crippen LogP contribution in [0.1, 0.15) is 54.1 Å². The van der Waals surface area contributed by atoms with Crippen LogP contribution in [-0.2, 0) is 6.42 Å². The Kier molecular flexibility index (Phi) is 4.94. The molecule has 2 atom stereocenters. The highest BCUT2D eigenvalue weighted by molar-refractivity contribution is 6.06. The Morgan fingerprint density at radius 2 is 1.86 bits per heavy atom. The van der Waals surface area contributed by atoms with E-state index in [9.17, 15) is 4.79 Å². The van der Waals surface area contributed by atoms with Crippen molar-refractivity contribution in [3.63, 3.8) is 0 Å². The Balaban J connectivity index is 1.33. The number of anilines is 1. The lowest BCUT2D eigenvalue weighted by molar-refractivity contribution is 0.1000. The molecule has 180 valence electrons. The van der Waals surface area contributed by atoms with Gasteiger partial charge in [0.15, 0.2) is 0 Å². The Bertz CT molecular complexity index is 1340. The number of amides is 1. The molecule has 2 saturated heterocycles. The summed E-state index contributed by atoms with van der Waals surface area (Å²) >= 11 is 0. The number of nitrogens with zero attached hydrogens (tertiary/aromatic N) is 4. The highest BCUT2D eigenvalue weighted by atomic mass is 16.1. The molecule has 1 saturated carbocycles. The van der Waals surface area contributed by atoms with Gasteiger partial charge >= 0.3 is 0 Å². The Hall–Kier alpha value is -3.19. The monoisotopic (exact) mass is 468 g/mol. The zero-order valence-corrected chi connectivity index (χ0v) is 20.0. The molecule has 3 N–H and O–H groups in total. The van der Waals surface area contributed by atoms with Gasteiger partial charge in [-0.2, -0.15) is 0 Å². The lowest BCUT2D eigenvalue weighted by atomic mass is 9.93. The summed E-state index contributed by atoms with van der Waals surface area (Å²) in [5.74, 6) is 0.901. The van der Waals surface area contributed by atoms with Crippen molar-refractivity contribution in [2.75, 3.05) is 31.1 Å². The van der Waals surface area contributed by atoms with Gasteiger partial charge in [-0.05, 0) is 54.0 Å². The summed E-state index contributed by atoms with van der Waals surface area (Å²) in [7, 11) is 0. The molecule has 3 aromatic rings. The Morgan fingerprint density at radius 3 is 2.63 bits per heavy atom. The highest BCUT2D eigenvalue weighted by Gasteiger charge is 2.38. The van der Waals surface area contributed by atoms with Crippen LogP contribution in [0, 0.1) is 11.8 Å². The van der Waals surface area contributed by atoms with Gasteiger partial charge in [-0.15, -0.1) is 0 Å². The lowest BCUT2D eigenvalue weighted by Crippen LogP contribution is -2.28. The number of fused-ring (bicyclic) bond motifs is 3. The summed E-state index contributed by atoms with van der Waals surface area (Å²) in [5, 5.41) is 3.51.